The first-order valence-corrected chi connectivity index (χ1v) is 9.32. The van der Waals surface area contributed by atoms with Gasteiger partial charge in [-0.3, -0.25) is 9.59 Å². The van der Waals surface area contributed by atoms with Gasteiger partial charge in [0.1, 0.15) is 0 Å². The molecule has 0 saturated carbocycles. The summed E-state index contributed by atoms with van der Waals surface area (Å²) in [4.78, 5) is 39.6. The number of hydrogen-bond donors (Lipinski definition) is 0. The van der Waals surface area contributed by atoms with E-state index in [9.17, 15) is 14.4 Å². The lowest BCUT2D eigenvalue weighted by Crippen LogP contribution is -2.49. The Hall–Kier alpha value is -2.55. The Morgan fingerprint density at radius 2 is 2.04 bits per heavy atom. The number of esters is 1. The number of nitrogens with zero attached hydrogens (tertiary/aromatic N) is 1. The van der Waals surface area contributed by atoms with Crippen LogP contribution >= 0.6 is 0 Å². The lowest BCUT2D eigenvalue weighted by Gasteiger charge is -2.32. The summed E-state index contributed by atoms with van der Waals surface area (Å²) < 4.78 is 22.3. The van der Waals surface area contributed by atoms with E-state index in [0.29, 0.717) is 18.9 Å². The lowest BCUT2D eigenvalue weighted by atomic mass is 9.76. The van der Waals surface area contributed by atoms with Crippen molar-refractivity contribution in [3.8, 4) is 0 Å². The summed E-state index contributed by atoms with van der Waals surface area (Å²) in [5.41, 5.74) is -0.462. The fourth-order valence-corrected chi connectivity index (χ4v) is 4.57. The van der Waals surface area contributed by atoms with Crippen LogP contribution in [0.25, 0.3) is 0 Å². The highest BCUT2D eigenvalue weighted by atomic mass is 16.7. The van der Waals surface area contributed by atoms with Crippen molar-refractivity contribution in [2.75, 3.05) is 24.7 Å². The molecule has 0 N–H and O–H groups in total. The van der Waals surface area contributed by atoms with Crippen LogP contribution in [0.5, 0.6) is 0 Å². The third-order valence-corrected chi connectivity index (χ3v) is 5.68. The molecular weight excluding hydrogens is 366 g/mol. The fourth-order valence-electron chi connectivity index (χ4n) is 4.57. The largest absolute Gasteiger partial charge is 0.462 e. The summed E-state index contributed by atoms with van der Waals surface area (Å²) in [5.74, 6) is -2.56. The molecule has 0 radical (unpaired) electrons. The topological polar surface area (TPSA) is 91.4 Å². The molecule has 2 bridgehead atoms. The number of amides is 2. The van der Waals surface area contributed by atoms with Crippen LogP contribution < -0.4 is 4.90 Å². The minimum Gasteiger partial charge on any atom is -0.462 e. The molecule has 146 valence electrons. The standard InChI is InChI=1S/C20H19NO7/c1-2-25-18(24)11-4-3-5-12(10-11)21-16(22)14-13-6-7-20(28-13,15(14)17(21)23)19-26-8-9-27-19/h3-7,10,13-15,19H,2,8-9H2,1H3/t13-,14+,15-,20-/m1/s1. The molecule has 8 nitrogen and oxygen atoms in total. The molecule has 5 rings (SSSR count). The van der Waals surface area contributed by atoms with Gasteiger partial charge in [0.15, 0.2) is 11.9 Å². The first-order valence-electron chi connectivity index (χ1n) is 9.32. The van der Waals surface area contributed by atoms with Crippen LogP contribution in [0.4, 0.5) is 5.69 Å². The maximum absolute atomic E-state index is 13.3. The van der Waals surface area contributed by atoms with E-state index in [2.05, 4.69) is 0 Å². The van der Waals surface area contributed by atoms with Gasteiger partial charge in [0.05, 0.1) is 49.0 Å². The van der Waals surface area contributed by atoms with Crippen molar-refractivity contribution >= 4 is 23.5 Å². The second kappa shape index (κ2) is 6.23. The molecule has 4 aliphatic rings. The van der Waals surface area contributed by atoms with Gasteiger partial charge in [-0.2, -0.15) is 0 Å². The Balaban J connectivity index is 1.50. The highest BCUT2D eigenvalue weighted by Crippen LogP contribution is 2.55. The van der Waals surface area contributed by atoms with E-state index in [4.69, 9.17) is 18.9 Å². The Kier molecular flexibility index (Phi) is 3.90. The van der Waals surface area contributed by atoms with Gasteiger partial charge in [-0.1, -0.05) is 12.1 Å². The van der Waals surface area contributed by atoms with Crippen LogP contribution in [-0.2, 0) is 28.5 Å². The normalized spacial score (nSPS) is 33.8. The number of carbonyl (C=O) groups is 3. The number of benzene rings is 1. The van der Waals surface area contributed by atoms with Gasteiger partial charge in [-0.15, -0.1) is 0 Å². The van der Waals surface area contributed by atoms with Crippen molar-refractivity contribution in [2.45, 2.75) is 24.9 Å². The summed E-state index contributed by atoms with van der Waals surface area (Å²) in [7, 11) is 0. The average molecular weight is 385 g/mol. The molecule has 0 unspecified atom stereocenters. The summed E-state index contributed by atoms with van der Waals surface area (Å²) >= 11 is 0. The van der Waals surface area contributed by atoms with Gasteiger partial charge in [0.2, 0.25) is 11.8 Å². The number of hydrogen-bond acceptors (Lipinski definition) is 7. The van der Waals surface area contributed by atoms with Gasteiger partial charge >= 0.3 is 5.97 Å². The van der Waals surface area contributed by atoms with Crippen molar-refractivity contribution in [3.63, 3.8) is 0 Å². The lowest BCUT2D eigenvalue weighted by molar-refractivity contribution is -0.180. The van der Waals surface area contributed by atoms with Crippen molar-refractivity contribution in [1.29, 1.82) is 0 Å². The Labute approximate surface area is 161 Å². The summed E-state index contributed by atoms with van der Waals surface area (Å²) in [6.45, 7) is 2.79. The smallest absolute Gasteiger partial charge is 0.338 e. The fraction of sp³-hybridized carbons (Fsp3) is 0.450. The van der Waals surface area contributed by atoms with Gasteiger partial charge in [0, 0.05) is 0 Å². The van der Waals surface area contributed by atoms with Crippen LogP contribution in [0.15, 0.2) is 36.4 Å². The van der Waals surface area contributed by atoms with E-state index in [1.54, 1.807) is 37.3 Å². The van der Waals surface area contributed by atoms with Crippen LogP contribution in [0.2, 0.25) is 0 Å². The van der Waals surface area contributed by atoms with Gasteiger partial charge in [0.25, 0.3) is 0 Å². The second-order valence-corrected chi connectivity index (χ2v) is 7.15. The van der Waals surface area contributed by atoms with Gasteiger partial charge in [-0.25, -0.2) is 9.69 Å². The van der Waals surface area contributed by atoms with Crippen molar-refractivity contribution < 1.29 is 33.3 Å². The zero-order chi connectivity index (χ0) is 19.5. The average Bonchev–Trinajstić information content (AvgIpc) is 3.45. The van der Waals surface area contributed by atoms with Gasteiger partial charge < -0.3 is 18.9 Å². The van der Waals surface area contributed by atoms with E-state index in [-0.39, 0.29) is 24.0 Å². The monoisotopic (exact) mass is 385 g/mol. The van der Waals surface area contributed by atoms with E-state index >= 15 is 0 Å². The summed E-state index contributed by atoms with van der Waals surface area (Å²) in [6, 6.07) is 6.34. The van der Waals surface area contributed by atoms with Crippen molar-refractivity contribution in [1.82, 2.24) is 0 Å². The minimum atomic E-state index is -1.09. The molecule has 4 atom stereocenters. The molecule has 2 amide bonds. The molecule has 4 aliphatic heterocycles. The third-order valence-electron chi connectivity index (χ3n) is 5.68. The molecule has 0 spiro atoms. The Morgan fingerprint density at radius 3 is 2.79 bits per heavy atom. The molecule has 8 heteroatoms. The molecule has 0 aliphatic carbocycles. The third kappa shape index (κ3) is 2.25. The minimum absolute atomic E-state index is 0.239. The predicted molar refractivity (Wildman–Crippen MR) is 94.3 cm³/mol. The Morgan fingerprint density at radius 1 is 1.25 bits per heavy atom. The van der Waals surface area contributed by atoms with Gasteiger partial charge in [-0.05, 0) is 31.2 Å². The number of imide groups is 1. The summed E-state index contributed by atoms with van der Waals surface area (Å²) in [6.07, 6.45) is 2.38. The van der Waals surface area contributed by atoms with Crippen LogP contribution in [0, 0.1) is 11.8 Å². The quantitative estimate of drug-likeness (QED) is 0.435. The molecule has 3 saturated heterocycles. The number of rotatable bonds is 4. The zero-order valence-electron chi connectivity index (χ0n) is 15.2. The Bertz CT molecular complexity index is 890. The highest BCUT2D eigenvalue weighted by Gasteiger charge is 2.71. The van der Waals surface area contributed by atoms with E-state index < -0.39 is 35.8 Å². The number of fused-ring (bicyclic) bond motifs is 5. The van der Waals surface area contributed by atoms with E-state index in [1.165, 1.54) is 6.07 Å². The first-order chi connectivity index (χ1) is 13.6. The highest BCUT2D eigenvalue weighted by molar-refractivity contribution is 6.23. The number of carbonyl (C=O) groups excluding carboxylic acids is 3. The SMILES string of the molecule is CCOC(=O)c1cccc(N2C(=O)[C@H]3[C@H]4C=C[C@@](C5OCCO5)(O4)[C@H]3C2=O)c1. The molecule has 1 aromatic carbocycles. The van der Waals surface area contributed by atoms with Crippen LogP contribution in [0.3, 0.4) is 0 Å². The maximum atomic E-state index is 13.3. The van der Waals surface area contributed by atoms with Crippen molar-refractivity contribution in [3.05, 3.63) is 42.0 Å². The summed E-state index contributed by atoms with van der Waals surface area (Å²) in [5, 5.41) is 0. The molecule has 1 aromatic rings. The molecule has 3 fully saturated rings. The second-order valence-electron chi connectivity index (χ2n) is 7.15. The predicted octanol–water partition coefficient (Wildman–Crippen LogP) is 1.05. The molecular formula is C20H19NO7. The van der Waals surface area contributed by atoms with Crippen LogP contribution in [-0.4, -0.2) is 55.6 Å². The van der Waals surface area contributed by atoms with Crippen LogP contribution in [0.1, 0.15) is 17.3 Å². The number of anilines is 1. The van der Waals surface area contributed by atoms with E-state index in [0.717, 1.165) is 4.90 Å². The molecule has 28 heavy (non-hydrogen) atoms. The molecule has 0 aromatic heterocycles. The molecule has 4 heterocycles. The first kappa shape index (κ1) is 17.5. The number of ether oxygens (including phenoxy) is 4. The van der Waals surface area contributed by atoms with E-state index in [1.807, 2.05) is 0 Å². The van der Waals surface area contributed by atoms with Crippen molar-refractivity contribution in [2.24, 2.45) is 11.8 Å². The maximum Gasteiger partial charge on any atom is 0.338 e. The zero-order valence-corrected chi connectivity index (χ0v) is 15.2.